The van der Waals surface area contributed by atoms with Crippen LogP contribution in [0.5, 0.6) is 0 Å². The summed E-state index contributed by atoms with van der Waals surface area (Å²) in [5.41, 5.74) is 1.09. The van der Waals surface area contributed by atoms with Crippen LogP contribution in [0, 0.1) is 5.92 Å². The molecule has 128 valence electrons. The fourth-order valence-electron chi connectivity index (χ4n) is 3.36. The van der Waals surface area contributed by atoms with Crippen LogP contribution in [0.15, 0.2) is 30.3 Å². The quantitative estimate of drug-likeness (QED) is 0.739. The predicted octanol–water partition coefficient (Wildman–Crippen LogP) is 2.95. The van der Waals surface area contributed by atoms with Crippen LogP contribution in [0.3, 0.4) is 0 Å². The van der Waals surface area contributed by atoms with E-state index in [4.69, 9.17) is 4.74 Å². The molecule has 1 aromatic rings. The minimum absolute atomic E-state index is 0.169. The molecular formula is C19H30N2O2. The number of rotatable bonds is 8. The van der Waals surface area contributed by atoms with Crippen molar-refractivity contribution in [1.29, 1.82) is 0 Å². The average Bonchev–Trinajstić information content (AvgIpc) is 3.07. The lowest BCUT2D eigenvalue weighted by Gasteiger charge is -2.32. The second-order valence-corrected chi connectivity index (χ2v) is 6.13. The summed E-state index contributed by atoms with van der Waals surface area (Å²) in [6.45, 7) is 11.2. The van der Waals surface area contributed by atoms with Gasteiger partial charge in [-0.3, -0.25) is 9.69 Å². The van der Waals surface area contributed by atoms with Gasteiger partial charge in [0, 0.05) is 25.6 Å². The first-order chi connectivity index (χ1) is 11.2. The van der Waals surface area contributed by atoms with Gasteiger partial charge in [0.15, 0.2) is 0 Å². The van der Waals surface area contributed by atoms with E-state index in [1.807, 2.05) is 30.0 Å². The van der Waals surface area contributed by atoms with E-state index in [1.165, 1.54) is 0 Å². The largest absolute Gasteiger partial charge is 0.381 e. The van der Waals surface area contributed by atoms with E-state index in [2.05, 4.69) is 30.9 Å². The number of likely N-dealkylation sites (tertiary alicyclic amines) is 1. The summed E-state index contributed by atoms with van der Waals surface area (Å²) >= 11 is 0. The maximum atomic E-state index is 13.2. The SMILES string of the molecule is CCOC[C@H]1CCN(C(=O)[C@@H](c2ccccc2)N(CC)CC)C1. The lowest BCUT2D eigenvalue weighted by Crippen LogP contribution is -2.42. The Morgan fingerprint density at radius 3 is 2.57 bits per heavy atom. The zero-order valence-corrected chi connectivity index (χ0v) is 14.7. The Kier molecular flexibility index (Phi) is 7.06. The average molecular weight is 318 g/mol. The predicted molar refractivity (Wildman–Crippen MR) is 93.3 cm³/mol. The van der Waals surface area contributed by atoms with Crippen LogP contribution in [0.1, 0.15) is 38.8 Å². The molecule has 1 heterocycles. The number of carbonyl (C=O) groups excluding carboxylic acids is 1. The maximum absolute atomic E-state index is 13.2. The summed E-state index contributed by atoms with van der Waals surface area (Å²) in [4.78, 5) is 17.4. The molecule has 0 unspecified atom stereocenters. The first-order valence-corrected chi connectivity index (χ1v) is 8.86. The van der Waals surface area contributed by atoms with Crippen LogP contribution in [0.2, 0.25) is 0 Å². The standard InChI is InChI=1S/C19H30N2O2/c1-4-20(5-2)18(17-10-8-7-9-11-17)19(22)21-13-12-16(14-21)15-23-6-3/h7-11,16,18H,4-6,12-15H2,1-3H3/t16-,18+/m0/s1. The van der Waals surface area contributed by atoms with Crippen molar-refractivity contribution in [3.8, 4) is 0 Å². The van der Waals surface area contributed by atoms with Gasteiger partial charge in [0.1, 0.15) is 6.04 Å². The summed E-state index contributed by atoms with van der Waals surface area (Å²) in [7, 11) is 0. The van der Waals surface area contributed by atoms with E-state index in [0.29, 0.717) is 5.92 Å². The number of nitrogens with zero attached hydrogens (tertiary/aromatic N) is 2. The highest BCUT2D eigenvalue weighted by molar-refractivity contribution is 5.83. The topological polar surface area (TPSA) is 32.8 Å². The van der Waals surface area contributed by atoms with E-state index in [-0.39, 0.29) is 11.9 Å². The molecule has 4 heteroatoms. The molecule has 1 aromatic carbocycles. The third-order valence-corrected chi connectivity index (χ3v) is 4.68. The molecule has 1 amide bonds. The molecule has 1 aliphatic rings. The highest BCUT2D eigenvalue weighted by atomic mass is 16.5. The van der Waals surface area contributed by atoms with Gasteiger partial charge in [-0.15, -0.1) is 0 Å². The van der Waals surface area contributed by atoms with Crippen LogP contribution in [-0.4, -0.2) is 55.1 Å². The number of hydrogen-bond donors (Lipinski definition) is 0. The smallest absolute Gasteiger partial charge is 0.244 e. The fourth-order valence-corrected chi connectivity index (χ4v) is 3.36. The molecular weight excluding hydrogens is 288 g/mol. The van der Waals surface area contributed by atoms with Crippen molar-refractivity contribution in [2.45, 2.75) is 33.2 Å². The molecule has 0 aliphatic carbocycles. The van der Waals surface area contributed by atoms with Gasteiger partial charge < -0.3 is 9.64 Å². The van der Waals surface area contributed by atoms with E-state index in [9.17, 15) is 4.79 Å². The molecule has 23 heavy (non-hydrogen) atoms. The van der Waals surface area contributed by atoms with E-state index in [1.54, 1.807) is 0 Å². The Hall–Kier alpha value is -1.39. The zero-order valence-electron chi connectivity index (χ0n) is 14.7. The molecule has 0 aromatic heterocycles. The number of ether oxygens (including phenoxy) is 1. The van der Waals surface area contributed by atoms with Crippen LogP contribution < -0.4 is 0 Å². The molecule has 0 saturated carbocycles. The summed E-state index contributed by atoms with van der Waals surface area (Å²) in [5, 5.41) is 0. The summed E-state index contributed by atoms with van der Waals surface area (Å²) in [6.07, 6.45) is 1.05. The van der Waals surface area contributed by atoms with Crippen LogP contribution in [0.4, 0.5) is 0 Å². The number of likely N-dealkylation sites (N-methyl/N-ethyl adjacent to an activating group) is 1. The Bertz CT molecular complexity index is 474. The maximum Gasteiger partial charge on any atom is 0.244 e. The lowest BCUT2D eigenvalue weighted by molar-refractivity contribution is -0.136. The minimum atomic E-state index is -0.169. The van der Waals surface area contributed by atoms with Crippen molar-refractivity contribution < 1.29 is 9.53 Å². The van der Waals surface area contributed by atoms with Crippen LogP contribution >= 0.6 is 0 Å². The number of benzene rings is 1. The highest BCUT2D eigenvalue weighted by Crippen LogP contribution is 2.26. The van der Waals surface area contributed by atoms with E-state index >= 15 is 0 Å². The first-order valence-electron chi connectivity index (χ1n) is 8.86. The first kappa shape index (κ1) is 18.0. The van der Waals surface area contributed by atoms with Gasteiger partial charge in [0.2, 0.25) is 5.91 Å². The van der Waals surface area contributed by atoms with Crippen molar-refractivity contribution in [3.63, 3.8) is 0 Å². The van der Waals surface area contributed by atoms with Crippen molar-refractivity contribution in [2.75, 3.05) is 39.4 Å². The number of amides is 1. The highest BCUT2D eigenvalue weighted by Gasteiger charge is 2.34. The number of carbonyl (C=O) groups is 1. The molecule has 1 fully saturated rings. The molecule has 0 N–H and O–H groups in total. The summed E-state index contributed by atoms with van der Waals surface area (Å²) < 4.78 is 5.53. The summed E-state index contributed by atoms with van der Waals surface area (Å²) in [5.74, 6) is 0.714. The third kappa shape index (κ3) is 4.55. The van der Waals surface area contributed by atoms with Crippen molar-refractivity contribution in [2.24, 2.45) is 5.92 Å². The van der Waals surface area contributed by atoms with Crippen LogP contribution in [-0.2, 0) is 9.53 Å². The molecule has 0 spiro atoms. The second-order valence-electron chi connectivity index (χ2n) is 6.13. The van der Waals surface area contributed by atoms with Gasteiger partial charge >= 0.3 is 0 Å². The van der Waals surface area contributed by atoms with Crippen molar-refractivity contribution in [3.05, 3.63) is 35.9 Å². The summed E-state index contributed by atoms with van der Waals surface area (Å²) in [6, 6.07) is 9.99. The van der Waals surface area contributed by atoms with Gasteiger partial charge in [0.25, 0.3) is 0 Å². The minimum Gasteiger partial charge on any atom is -0.381 e. The van der Waals surface area contributed by atoms with Crippen LogP contribution in [0.25, 0.3) is 0 Å². The molecule has 0 bridgehead atoms. The fraction of sp³-hybridized carbons (Fsp3) is 0.632. The molecule has 0 radical (unpaired) electrons. The zero-order chi connectivity index (χ0) is 16.7. The third-order valence-electron chi connectivity index (χ3n) is 4.68. The van der Waals surface area contributed by atoms with Gasteiger partial charge in [-0.05, 0) is 32.0 Å². The van der Waals surface area contributed by atoms with Gasteiger partial charge in [0.05, 0.1) is 6.61 Å². The molecule has 1 saturated heterocycles. The number of hydrogen-bond acceptors (Lipinski definition) is 3. The van der Waals surface area contributed by atoms with Gasteiger partial charge in [-0.1, -0.05) is 44.2 Å². The van der Waals surface area contributed by atoms with Crippen molar-refractivity contribution >= 4 is 5.91 Å². The van der Waals surface area contributed by atoms with Crippen molar-refractivity contribution in [1.82, 2.24) is 9.80 Å². The van der Waals surface area contributed by atoms with Gasteiger partial charge in [-0.2, -0.15) is 0 Å². The Morgan fingerprint density at radius 1 is 1.26 bits per heavy atom. The molecule has 2 atom stereocenters. The molecule has 1 aliphatic heterocycles. The molecule has 4 nitrogen and oxygen atoms in total. The Balaban J connectivity index is 2.11. The van der Waals surface area contributed by atoms with E-state index < -0.39 is 0 Å². The Morgan fingerprint density at radius 2 is 1.96 bits per heavy atom. The Labute approximate surface area is 140 Å². The van der Waals surface area contributed by atoms with Gasteiger partial charge in [-0.25, -0.2) is 0 Å². The normalized spacial score (nSPS) is 19.3. The monoisotopic (exact) mass is 318 g/mol. The second kappa shape index (κ2) is 9.04. The molecule has 2 rings (SSSR count). The van der Waals surface area contributed by atoms with E-state index in [0.717, 1.165) is 51.4 Å². The lowest BCUT2D eigenvalue weighted by atomic mass is 10.0.